The molecule has 11 rings (SSSR count). The van der Waals surface area contributed by atoms with E-state index in [1.807, 2.05) is 12.3 Å². The largest absolute Gasteiger partial charge is 0.277 e. The lowest BCUT2D eigenvalue weighted by Crippen LogP contribution is -1.99. The van der Waals surface area contributed by atoms with Crippen molar-refractivity contribution in [2.24, 2.45) is 0 Å². The number of hydrogen-bond donors (Lipinski definition) is 0. The molecule has 0 atom stereocenters. The molecule has 3 heteroatoms. The van der Waals surface area contributed by atoms with Crippen LogP contribution in [0.4, 0.5) is 0 Å². The van der Waals surface area contributed by atoms with Gasteiger partial charge in [-0.2, -0.15) is 0 Å². The Kier molecular flexibility index (Phi) is 7.17. The van der Waals surface area contributed by atoms with Crippen LogP contribution < -0.4 is 0 Å². The highest BCUT2D eigenvalue weighted by atomic mass is 15.1. The monoisotopic (exact) mass is 699 g/mol. The minimum Gasteiger partial charge on any atom is -0.277 e. The normalized spacial score (nSPS) is 11.6. The van der Waals surface area contributed by atoms with Crippen molar-refractivity contribution in [1.29, 1.82) is 0 Å². The summed E-state index contributed by atoms with van der Waals surface area (Å²) >= 11 is 0. The summed E-state index contributed by atoms with van der Waals surface area (Å²) in [5, 5.41) is 9.87. The topological polar surface area (TPSA) is 30.7 Å². The van der Waals surface area contributed by atoms with E-state index in [4.69, 9.17) is 9.97 Å². The summed E-state index contributed by atoms with van der Waals surface area (Å²) in [7, 11) is 0. The fourth-order valence-electron chi connectivity index (χ4n) is 8.42. The molecule has 0 aliphatic carbocycles. The standard InChI is InChI=1S/C52H33N3/c1-3-15-34(16-4-1)40-32-50-52(53-33-40)55(41-19-5-2-6-20-41)51(54-50)39-28-37(48-30-35-17-7-9-21-42(35)44-23-11-13-25-46(44)48)27-38(29-39)49-31-36-18-8-10-22-43(36)45-24-12-14-26-47(45)49/h1-33H. The number of pyridine rings is 1. The molecule has 0 unspecified atom stereocenters. The Bertz CT molecular complexity index is 3110. The highest BCUT2D eigenvalue weighted by Crippen LogP contribution is 2.42. The number of benzene rings is 9. The summed E-state index contributed by atoms with van der Waals surface area (Å²) in [6.45, 7) is 0. The third-order valence-electron chi connectivity index (χ3n) is 11.0. The van der Waals surface area contributed by atoms with Gasteiger partial charge in [0.2, 0.25) is 0 Å². The molecule has 0 bridgehead atoms. The van der Waals surface area contributed by atoms with Gasteiger partial charge < -0.3 is 0 Å². The third kappa shape index (κ3) is 5.20. The molecule has 9 aromatic carbocycles. The van der Waals surface area contributed by atoms with Crippen molar-refractivity contribution < 1.29 is 0 Å². The van der Waals surface area contributed by atoms with Crippen LogP contribution in [0.1, 0.15) is 0 Å². The molecule has 0 saturated carbocycles. The summed E-state index contributed by atoms with van der Waals surface area (Å²) in [5.41, 5.74) is 10.5. The van der Waals surface area contributed by atoms with Crippen molar-refractivity contribution in [2.75, 3.05) is 0 Å². The maximum atomic E-state index is 5.44. The maximum absolute atomic E-state index is 5.44. The second-order valence-electron chi connectivity index (χ2n) is 14.2. The Hall–Kier alpha value is -7.36. The summed E-state index contributed by atoms with van der Waals surface area (Å²) in [5.74, 6) is 0.845. The second-order valence-corrected chi connectivity index (χ2v) is 14.2. The predicted octanol–water partition coefficient (Wildman–Crippen LogP) is 13.7. The zero-order valence-corrected chi connectivity index (χ0v) is 29.9. The molecule has 0 aliphatic heterocycles. The Morgan fingerprint density at radius 3 is 1.40 bits per heavy atom. The quantitative estimate of drug-likeness (QED) is 0.167. The molecule has 0 amide bonds. The van der Waals surface area contributed by atoms with Crippen molar-refractivity contribution in [3.05, 3.63) is 200 Å². The van der Waals surface area contributed by atoms with Gasteiger partial charge in [0.25, 0.3) is 0 Å². The van der Waals surface area contributed by atoms with Crippen LogP contribution >= 0.6 is 0 Å². The lowest BCUT2D eigenvalue weighted by atomic mass is 9.88. The average molecular weight is 700 g/mol. The summed E-state index contributed by atoms with van der Waals surface area (Å²) in [6, 6.07) is 69.7. The van der Waals surface area contributed by atoms with Gasteiger partial charge in [-0.15, -0.1) is 0 Å². The number of para-hydroxylation sites is 1. The molecular weight excluding hydrogens is 667 g/mol. The number of hydrogen-bond acceptors (Lipinski definition) is 2. The van der Waals surface area contributed by atoms with Crippen molar-refractivity contribution >= 4 is 54.3 Å². The zero-order valence-electron chi connectivity index (χ0n) is 29.9. The van der Waals surface area contributed by atoms with E-state index in [1.165, 1.54) is 54.2 Å². The first-order chi connectivity index (χ1) is 27.3. The van der Waals surface area contributed by atoms with E-state index in [0.717, 1.165) is 50.5 Å². The second kappa shape index (κ2) is 12.6. The van der Waals surface area contributed by atoms with E-state index in [9.17, 15) is 0 Å². The van der Waals surface area contributed by atoms with Gasteiger partial charge in [-0.3, -0.25) is 4.57 Å². The zero-order chi connectivity index (χ0) is 36.3. The molecule has 3 nitrogen and oxygen atoms in total. The Balaban J connectivity index is 1.24. The number of aromatic nitrogens is 3. The highest BCUT2D eigenvalue weighted by Gasteiger charge is 2.20. The van der Waals surface area contributed by atoms with Gasteiger partial charge in [-0.05, 0) is 119 Å². The first-order valence-electron chi connectivity index (χ1n) is 18.7. The van der Waals surface area contributed by atoms with E-state index in [1.54, 1.807) is 0 Å². The lowest BCUT2D eigenvalue weighted by Gasteiger charge is -2.17. The van der Waals surface area contributed by atoms with Crippen LogP contribution in [-0.2, 0) is 0 Å². The van der Waals surface area contributed by atoms with Crippen molar-refractivity contribution in [2.45, 2.75) is 0 Å². The first kappa shape index (κ1) is 31.2. The van der Waals surface area contributed by atoms with Crippen LogP contribution in [0.2, 0.25) is 0 Å². The van der Waals surface area contributed by atoms with E-state index in [2.05, 4.69) is 193 Å². The van der Waals surface area contributed by atoms with E-state index in [0.29, 0.717) is 0 Å². The van der Waals surface area contributed by atoms with Crippen LogP contribution in [0.15, 0.2) is 200 Å². The number of rotatable bonds is 5. The first-order valence-corrected chi connectivity index (χ1v) is 18.7. The van der Waals surface area contributed by atoms with Crippen molar-refractivity contribution in [3.63, 3.8) is 0 Å². The minimum atomic E-state index is 0.820. The van der Waals surface area contributed by atoms with Crippen LogP contribution in [-0.4, -0.2) is 14.5 Å². The summed E-state index contributed by atoms with van der Waals surface area (Å²) < 4.78 is 2.21. The fraction of sp³-hybridized carbons (Fsp3) is 0. The minimum absolute atomic E-state index is 0.820. The molecule has 0 N–H and O–H groups in total. The van der Waals surface area contributed by atoms with Crippen LogP contribution in [0, 0.1) is 0 Å². The van der Waals surface area contributed by atoms with Crippen molar-refractivity contribution in [3.8, 4) is 50.5 Å². The predicted molar refractivity (Wildman–Crippen MR) is 231 cm³/mol. The van der Waals surface area contributed by atoms with Gasteiger partial charge in [-0.1, -0.05) is 146 Å². The molecule has 256 valence electrons. The fourth-order valence-corrected chi connectivity index (χ4v) is 8.42. The number of fused-ring (bicyclic) bond motifs is 7. The maximum Gasteiger partial charge on any atom is 0.164 e. The Morgan fingerprint density at radius 1 is 0.345 bits per heavy atom. The molecule has 0 saturated heterocycles. The smallest absolute Gasteiger partial charge is 0.164 e. The van der Waals surface area contributed by atoms with Crippen LogP contribution in [0.5, 0.6) is 0 Å². The molecule has 2 heterocycles. The molecular formula is C52H33N3. The average Bonchev–Trinajstić information content (AvgIpc) is 3.65. The summed E-state index contributed by atoms with van der Waals surface area (Å²) in [4.78, 5) is 10.5. The molecule has 11 aromatic rings. The van der Waals surface area contributed by atoms with Crippen molar-refractivity contribution in [1.82, 2.24) is 14.5 Å². The van der Waals surface area contributed by atoms with E-state index >= 15 is 0 Å². The molecule has 0 spiro atoms. The SMILES string of the molecule is c1ccc(-c2cnc3c(c2)nc(-c2cc(-c4cc5ccccc5c5ccccc45)cc(-c4cc5ccccc5c5ccccc45)c2)n3-c2ccccc2)cc1. The molecule has 0 radical (unpaired) electrons. The van der Waals surface area contributed by atoms with E-state index in [-0.39, 0.29) is 0 Å². The Labute approximate surface area is 318 Å². The molecule has 55 heavy (non-hydrogen) atoms. The third-order valence-corrected chi connectivity index (χ3v) is 11.0. The van der Waals surface area contributed by atoms with Gasteiger partial charge in [0.05, 0.1) is 0 Å². The summed E-state index contributed by atoms with van der Waals surface area (Å²) in [6.07, 6.45) is 1.97. The number of nitrogens with zero attached hydrogens (tertiary/aromatic N) is 3. The van der Waals surface area contributed by atoms with Gasteiger partial charge in [0.15, 0.2) is 5.65 Å². The van der Waals surface area contributed by atoms with Gasteiger partial charge in [0, 0.05) is 23.0 Å². The van der Waals surface area contributed by atoms with Gasteiger partial charge >= 0.3 is 0 Å². The van der Waals surface area contributed by atoms with Gasteiger partial charge in [-0.25, -0.2) is 9.97 Å². The van der Waals surface area contributed by atoms with Gasteiger partial charge in [0.1, 0.15) is 11.3 Å². The lowest BCUT2D eigenvalue weighted by molar-refractivity contribution is 1.08. The molecule has 0 fully saturated rings. The highest BCUT2D eigenvalue weighted by molar-refractivity contribution is 6.16. The number of imidazole rings is 1. The van der Waals surface area contributed by atoms with E-state index < -0.39 is 0 Å². The Morgan fingerprint density at radius 2 is 0.818 bits per heavy atom. The molecule has 2 aromatic heterocycles. The van der Waals surface area contributed by atoms with Crippen LogP contribution in [0.3, 0.4) is 0 Å². The molecule has 0 aliphatic rings. The van der Waals surface area contributed by atoms with Crippen LogP contribution in [0.25, 0.3) is 105 Å².